The first-order valence-electron chi connectivity index (χ1n) is 8.26. The number of aromatic nitrogens is 1. The Bertz CT molecular complexity index is 910. The van der Waals surface area contributed by atoms with Crippen molar-refractivity contribution in [3.8, 4) is 5.75 Å². The fourth-order valence-electron chi connectivity index (χ4n) is 2.59. The maximum atomic E-state index is 12.4. The van der Waals surface area contributed by atoms with Gasteiger partial charge in [-0.1, -0.05) is 5.16 Å². The Hall–Kier alpha value is -3.28. The van der Waals surface area contributed by atoms with E-state index in [2.05, 4.69) is 10.5 Å². The van der Waals surface area contributed by atoms with Gasteiger partial charge in [0.1, 0.15) is 18.1 Å². The molecule has 0 aliphatic carbocycles. The molecule has 0 aliphatic rings. The molecule has 1 aromatic heterocycles. The molecule has 0 aliphatic heterocycles. The number of nitrogens with two attached hydrogens (primary N) is 1. The lowest BCUT2D eigenvalue weighted by Gasteiger charge is -2.10. The van der Waals surface area contributed by atoms with Crippen molar-refractivity contribution in [3.63, 3.8) is 0 Å². The number of rotatable bonds is 5. The van der Waals surface area contributed by atoms with Crippen LogP contribution < -0.4 is 15.8 Å². The van der Waals surface area contributed by atoms with Gasteiger partial charge in [-0.2, -0.15) is 0 Å². The van der Waals surface area contributed by atoms with Gasteiger partial charge in [-0.25, -0.2) is 0 Å². The lowest BCUT2D eigenvalue weighted by molar-refractivity contribution is 0.102. The zero-order valence-corrected chi connectivity index (χ0v) is 15.0. The van der Waals surface area contributed by atoms with Gasteiger partial charge >= 0.3 is 0 Å². The number of carbonyl (C=O) groups excluding carboxylic acids is 1. The average Bonchev–Trinajstić information content (AvgIpc) is 2.94. The Morgan fingerprint density at radius 2 is 1.88 bits per heavy atom. The third-order valence-electron chi connectivity index (χ3n) is 4.18. The number of nitrogen functional groups attached to an aromatic ring is 1. The summed E-state index contributed by atoms with van der Waals surface area (Å²) >= 11 is 0. The topological polar surface area (TPSA) is 90.4 Å². The smallest absolute Gasteiger partial charge is 0.255 e. The first kappa shape index (κ1) is 17.5. The average molecular weight is 351 g/mol. The molecule has 0 bridgehead atoms. The van der Waals surface area contributed by atoms with Crippen molar-refractivity contribution in [2.45, 2.75) is 27.4 Å². The second-order valence-corrected chi connectivity index (χ2v) is 6.14. The number of hydrogen-bond donors (Lipinski definition) is 2. The number of carbonyl (C=O) groups is 1. The molecule has 0 atom stereocenters. The minimum Gasteiger partial charge on any atom is -0.489 e. The van der Waals surface area contributed by atoms with E-state index in [0.29, 0.717) is 23.6 Å². The van der Waals surface area contributed by atoms with E-state index in [1.807, 2.05) is 26.8 Å². The van der Waals surface area contributed by atoms with Crippen molar-refractivity contribution in [3.05, 3.63) is 70.6 Å². The molecule has 2 aromatic carbocycles. The molecule has 3 N–H and O–H groups in total. The third-order valence-corrected chi connectivity index (χ3v) is 4.18. The molecule has 6 nitrogen and oxygen atoms in total. The predicted molar refractivity (Wildman–Crippen MR) is 100 cm³/mol. The van der Waals surface area contributed by atoms with Gasteiger partial charge in [0.2, 0.25) is 0 Å². The first-order chi connectivity index (χ1) is 12.4. The van der Waals surface area contributed by atoms with Crippen LogP contribution in [0.25, 0.3) is 0 Å². The van der Waals surface area contributed by atoms with Crippen LogP contribution in [0.5, 0.6) is 5.75 Å². The highest BCUT2D eigenvalue weighted by atomic mass is 16.5. The van der Waals surface area contributed by atoms with Crippen LogP contribution in [0.15, 0.2) is 47.0 Å². The summed E-state index contributed by atoms with van der Waals surface area (Å²) < 4.78 is 10.9. The molecule has 26 heavy (non-hydrogen) atoms. The molecule has 0 unspecified atom stereocenters. The normalized spacial score (nSPS) is 10.6. The minimum absolute atomic E-state index is 0.185. The highest BCUT2D eigenvalue weighted by Crippen LogP contribution is 2.20. The summed E-state index contributed by atoms with van der Waals surface area (Å²) in [6.45, 7) is 6.00. The minimum atomic E-state index is -0.185. The molecular formula is C20H21N3O3. The fraction of sp³-hybridized carbons (Fsp3) is 0.200. The number of nitrogens with one attached hydrogen (secondary N) is 1. The molecule has 0 saturated heterocycles. The van der Waals surface area contributed by atoms with Gasteiger partial charge in [0, 0.05) is 16.9 Å². The molecule has 134 valence electrons. The number of nitrogens with zero attached hydrogens (tertiary/aromatic N) is 1. The zero-order valence-electron chi connectivity index (χ0n) is 15.0. The van der Waals surface area contributed by atoms with E-state index in [0.717, 1.165) is 28.3 Å². The molecule has 0 spiro atoms. The number of hydrogen-bond acceptors (Lipinski definition) is 5. The van der Waals surface area contributed by atoms with Crippen LogP contribution >= 0.6 is 0 Å². The predicted octanol–water partition coefficient (Wildman–Crippen LogP) is 4.01. The van der Waals surface area contributed by atoms with Crippen LogP contribution in [0.4, 0.5) is 11.4 Å². The van der Waals surface area contributed by atoms with Gasteiger partial charge in [-0.3, -0.25) is 4.79 Å². The molecule has 1 heterocycles. The van der Waals surface area contributed by atoms with Crippen LogP contribution in [0.3, 0.4) is 0 Å². The second-order valence-electron chi connectivity index (χ2n) is 6.14. The number of benzene rings is 2. The standard InChI is InChI=1S/C20H21N3O3/c1-12-10-16(21)6-9-19(12)22-20(24)15-4-7-17(8-5-15)25-11-18-13(2)23-26-14(18)3/h4-10H,11,21H2,1-3H3,(H,22,24). The summed E-state index contributed by atoms with van der Waals surface area (Å²) in [7, 11) is 0. The van der Waals surface area contributed by atoms with Crippen LogP contribution in [0, 0.1) is 20.8 Å². The van der Waals surface area contributed by atoms with Gasteiger partial charge in [0.05, 0.1) is 11.3 Å². The van der Waals surface area contributed by atoms with E-state index in [-0.39, 0.29) is 5.91 Å². The molecular weight excluding hydrogens is 330 g/mol. The van der Waals surface area contributed by atoms with Crippen molar-refractivity contribution in [1.82, 2.24) is 5.16 Å². The number of ether oxygens (including phenoxy) is 1. The lowest BCUT2D eigenvalue weighted by atomic mass is 10.1. The summed E-state index contributed by atoms with van der Waals surface area (Å²) in [6.07, 6.45) is 0. The largest absolute Gasteiger partial charge is 0.489 e. The molecule has 0 saturated carbocycles. The quantitative estimate of drug-likeness (QED) is 0.678. The van der Waals surface area contributed by atoms with Crippen molar-refractivity contribution < 1.29 is 14.1 Å². The van der Waals surface area contributed by atoms with Gasteiger partial charge in [-0.05, 0) is 68.8 Å². The summed E-state index contributed by atoms with van der Waals surface area (Å²) in [5.74, 6) is 1.23. The molecule has 6 heteroatoms. The lowest BCUT2D eigenvalue weighted by Crippen LogP contribution is -2.12. The highest BCUT2D eigenvalue weighted by Gasteiger charge is 2.11. The van der Waals surface area contributed by atoms with Crippen molar-refractivity contribution >= 4 is 17.3 Å². The van der Waals surface area contributed by atoms with Gasteiger partial charge < -0.3 is 20.3 Å². The molecule has 1 amide bonds. The van der Waals surface area contributed by atoms with Crippen LogP contribution in [-0.4, -0.2) is 11.1 Å². The summed E-state index contributed by atoms with van der Waals surface area (Å²) in [5, 5.41) is 6.79. The number of aryl methyl sites for hydroxylation is 3. The first-order valence-corrected chi connectivity index (χ1v) is 8.26. The maximum absolute atomic E-state index is 12.4. The summed E-state index contributed by atoms with van der Waals surface area (Å²) in [6, 6.07) is 12.4. The number of anilines is 2. The van der Waals surface area contributed by atoms with Gasteiger partial charge in [0.25, 0.3) is 5.91 Å². The Balaban J connectivity index is 1.64. The molecule has 0 radical (unpaired) electrons. The van der Waals surface area contributed by atoms with E-state index >= 15 is 0 Å². The van der Waals surface area contributed by atoms with E-state index in [1.165, 1.54) is 0 Å². The summed E-state index contributed by atoms with van der Waals surface area (Å²) in [4.78, 5) is 12.4. The Kier molecular flexibility index (Phi) is 4.93. The Morgan fingerprint density at radius 3 is 2.50 bits per heavy atom. The third kappa shape index (κ3) is 3.85. The van der Waals surface area contributed by atoms with E-state index < -0.39 is 0 Å². The van der Waals surface area contributed by atoms with E-state index in [4.69, 9.17) is 15.0 Å². The van der Waals surface area contributed by atoms with Crippen molar-refractivity contribution in [1.29, 1.82) is 0 Å². The zero-order chi connectivity index (χ0) is 18.7. The summed E-state index contributed by atoms with van der Waals surface area (Å²) in [5.41, 5.74) is 10.4. The van der Waals surface area contributed by atoms with Crippen LogP contribution in [-0.2, 0) is 6.61 Å². The van der Waals surface area contributed by atoms with E-state index in [1.54, 1.807) is 36.4 Å². The SMILES string of the molecule is Cc1cc(N)ccc1NC(=O)c1ccc(OCc2c(C)noc2C)cc1. The molecule has 0 fully saturated rings. The highest BCUT2D eigenvalue weighted by molar-refractivity contribution is 6.04. The van der Waals surface area contributed by atoms with Gasteiger partial charge in [0.15, 0.2) is 0 Å². The van der Waals surface area contributed by atoms with E-state index in [9.17, 15) is 4.79 Å². The fourth-order valence-corrected chi connectivity index (χ4v) is 2.59. The van der Waals surface area contributed by atoms with Gasteiger partial charge in [-0.15, -0.1) is 0 Å². The van der Waals surface area contributed by atoms with Crippen molar-refractivity contribution in [2.75, 3.05) is 11.1 Å². The van der Waals surface area contributed by atoms with Crippen molar-refractivity contribution in [2.24, 2.45) is 0 Å². The van der Waals surface area contributed by atoms with Crippen LogP contribution in [0.1, 0.15) is 32.9 Å². The molecule has 3 rings (SSSR count). The maximum Gasteiger partial charge on any atom is 0.255 e. The monoisotopic (exact) mass is 351 g/mol. The Labute approximate surface area is 152 Å². The Morgan fingerprint density at radius 1 is 1.15 bits per heavy atom. The number of amides is 1. The second kappa shape index (κ2) is 7.31. The molecule has 3 aromatic rings. The van der Waals surface area contributed by atoms with Crippen LogP contribution in [0.2, 0.25) is 0 Å².